The number of rotatable bonds is 5. The highest BCUT2D eigenvalue weighted by Gasteiger charge is 2.32. The number of ether oxygens (including phenoxy) is 1. The molecule has 1 fully saturated rings. The number of pyridine rings is 1. The van der Waals surface area contributed by atoms with Crippen LogP contribution in [0.1, 0.15) is 28.9 Å². The standard InChI is InChI=1S/C16H23N5O2.2ClH/c1-11-13-7-12(8-18-14(13)21-20-11)15(22)19-9-16(10-23-2)3-5-17-6-4-16;;/h7-8,17H,3-6,9-10H2,1-2H3,(H,19,22)(H,18,20,21);2*1H. The summed E-state index contributed by atoms with van der Waals surface area (Å²) in [6, 6.07) is 1.84. The maximum Gasteiger partial charge on any atom is 0.252 e. The molecule has 3 rings (SSSR count). The highest BCUT2D eigenvalue weighted by Crippen LogP contribution is 2.28. The van der Waals surface area contributed by atoms with Crippen LogP contribution in [0, 0.1) is 12.3 Å². The number of aryl methyl sites for hydroxylation is 1. The van der Waals surface area contributed by atoms with Gasteiger partial charge >= 0.3 is 0 Å². The molecule has 3 N–H and O–H groups in total. The average Bonchev–Trinajstić information content (AvgIpc) is 2.95. The molecule has 1 saturated heterocycles. The third kappa shape index (κ3) is 4.82. The number of amides is 1. The van der Waals surface area contributed by atoms with E-state index in [4.69, 9.17) is 4.74 Å². The summed E-state index contributed by atoms with van der Waals surface area (Å²) in [6.45, 7) is 5.11. The van der Waals surface area contributed by atoms with E-state index >= 15 is 0 Å². The predicted molar refractivity (Wildman–Crippen MR) is 102 cm³/mol. The zero-order chi connectivity index (χ0) is 16.3. The van der Waals surface area contributed by atoms with E-state index in [1.807, 2.05) is 13.0 Å². The smallest absolute Gasteiger partial charge is 0.252 e. The Morgan fingerprint density at radius 2 is 2.08 bits per heavy atom. The lowest BCUT2D eigenvalue weighted by atomic mass is 9.79. The third-order valence-electron chi connectivity index (χ3n) is 4.60. The van der Waals surface area contributed by atoms with Gasteiger partial charge < -0.3 is 15.4 Å². The first-order valence-corrected chi connectivity index (χ1v) is 7.92. The van der Waals surface area contributed by atoms with E-state index in [2.05, 4.69) is 25.8 Å². The summed E-state index contributed by atoms with van der Waals surface area (Å²) in [7, 11) is 1.71. The number of methoxy groups -OCH3 is 1. The number of nitrogens with zero attached hydrogens (tertiary/aromatic N) is 2. The second-order valence-corrected chi connectivity index (χ2v) is 6.31. The van der Waals surface area contributed by atoms with Gasteiger partial charge in [-0.15, -0.1) is 24.8 Å². The van der Waals surface area contributed by atoms with Crippen LogP contribution in [0.25, 0.3) is 11.0 Å². The normalized spacial score (nSPS) is 15.9. The van der Waals surface area contributed by atoms with Gasteiger partial charge in [-0.3, -0.25) is 9.89 Å². The van der Waals surface area contributed by atoms with Gasteiger partial charge in [0.05, 0.1) is 12.2 Å². The van der Waals surface area contributed by atoms with Crippen LogP contribution in [-0.2, 0) is 4.74 Å². The predicted octanol–water partition coefficient (Wildman–Crippen LogP) is 1.86. The first-order valence-electron chi connectivity index (χ1n) is 7.92. The van der Waals surface area contributed by atoms with Crippen LogP contribution in [0.4, 0.5) is 0 Å². The number of nitrogens with one attached hydrogen (secondary N) is 3. The Labute approximate surface area is 159 Å². The van der Waals surface area contributed by atoms with Crippen LogP contribution < -0.4 is 10.6 Å². The van der Waals surface area contributed by atoms with E-state index in [0.717, 1.165) is 37.0 Å². The van der Waals surface area contributed by atoms with Gasteiger partial charge in [-0.05, 0) is 38.9 Å². The molecule has 0 bridgehead atoms. The number of carbonyl (C=O) groups is 1. The highest BCUT2D eigenvalue weighted by atomic mass is 35.5. The Hall–Kier alpha value is -1.41. The van der Waals surface area contributed by atoms with Gasteiger partial charge in [0.1, 0.15) is 0 Å². The molecule has 3 heterocycles. The Morgan fingerprint density at radius 1 is 1.36 bits per heavy atom. The SMILES string of the molecule is COCC1(CNC(=O)c2cnc3n[nH]c(C)c3c2)CCNCC1.Cl.Cl. The molecule has 1 aliphatic heterocycles. The Balaban J connectivity index is 0.00000156. The van der Waals surface area contributed by atoms with E-state index in [1.54, 1.807) is 13.3 Å². The van der Waals surface area contributed by atoms with Crippen LogP contribution in [0.5, 0.6) is 0 Å². The summed E-state index contributed by atoms with van der Waals surface area (Å²) in [5.74, 6) is -0.103. The second kappa shape index (κ2) is 9.33. The summed E-state index contributed by atoms with van der Waals surface area (Å²) >= 11 is 0. The maximum atomic E-state index is 12.5. The number of halogens is 2. The van der Waals surface area contributed by atoms with Crippen molar-refractivity contribution in [1.29, 1.82) is 0 Å². The lowest BCUT2D eigenvalue weighted by Crippen LogP contribution is -2.47. The molecular weight excluding hydrogens is 365 g/mol. The molecule has 9 heteroatoms. The number of carbonyl (C=O) groups excluding carboxylic acids is 1. The van der Waals surface area contributed by atoms with Crippen molar-refractivity contribution in [3.8, 4) is 0 Å². The number of hydrogen-bond donors (Lipinski definition) is 3. The fraction of sp³-hybridized carbons (Fsp3) is 0.562. The number of hydrogen-bond acceptors (Lipinski definition) is 5. The molecule has 25 heavy (non-hydrogen) atoms. The van der Waals surface area contributed by atoms with Crippen molar-refractivity contribution >= 4 is 41.8 Å². The molecule has 0 spiro atoms. The molecule has 7 nitrogen and oxygen atoms in total. The van der Waals surface area contributed by atoms with E-state index < -0.39 is 0 Å². The minimum atomic E-state index is -0.103. The first kappa shape index (κ1) is 21.6. The number of aromatic amines is 1. The quantitative estimate of drug-likeness (QED) is 0.725. The fourth-order valence-corrected chi connectivity index (χ4v) is 3.15. The molecule has 1 amide bonds. The Morgan fingerprint density at radius 3 is 2.76 bits per heavy atom. The van der Waals surface area contributed by atoms with Crippen molar-refractivity contribution in [2.24, 2.45) is 5.41 Å². The summed E-state index contributed by atoms with van der Waals surface area (Å²) in [4.78, 5) is 16.7. The molecule has 140 valence electrons. The lowest BCUT2D eigenvalue weighted by Gasteiger charge is -2.37. The highest BCUT2D eigenvalue weighted by molar-refractivity contribution is 5.97. The maximum absolute atomic E-state index is 12.5. The summed E-state index contributed by atoms with van der Waals surface area (Å²) in [5.41, 5.74) is 2.12. The van der Waals surface area contributed by atoms with Gasteiger partial charge in [0.2, 0.25) is 0 Å². The van der Waals surface area contributed by atoms with E-state index in [9.17, 15) is 4.79 Å². The molecule has 0 aromatic carbocycles. The van der Waals surface area contributed by atoms with Gasteiger partial charge in [0.25, 0.3) is 5.91 Å². The minimum Gasteiger partial charge on any atom is -0.384 e. The average molecular weight is 390 g/mol. The largest absolute Gasteiger partial charge is 0.384 e. The molecule has 2 aromatic heterocycles. The van der Waals surface area contributed by atoms with Crippen molar-refractivity contribution in [2.45, 2.75) is 19.8 Å². The third-order valence-corrected chi connectivity index (χ3v) is 4.60. The van der Waals surface area contributed by atoms with Crippen molar-refractivity contribution in [1.82, 2.24) is 25.8 Å². The first-order chi connectivity index (χ1) is 11.1. The molecule has 2 aromatic rings. The molecule has 1 aliphatic rings. The lowest BCUT2D eigenvalue weighted by molar-refractivity contribution is 0.0511. The molecular formula is C16H25Cl2N5O2. The Bertz CT molecular complexity index is 695. The van der Waals surface area contributed by atoms with Gasteiger partial charge in [0, 0.05) is 36.3 Å². The zero-order valence-electron chi connectivity index (χ0n) is 14.4. The van der Waals surface area contributed by atoms with Crippen LogP contribution in [0.15, 0.2) is 12.3 Å². The summed E-state index contributed by atoms with van der Waals surface area (Å²) in [5, 5.41) is 14.2. The number of piperidine rings is 1. The summed E-state index contributed by atoms with van der Waals surface area (Å²) in [6.07, 6.45) is 3.57. The molecule has 0 saturated carbocycles. The van der Waals surface area contributed by atoms with Gasteiger partial charge in [-0.25, -0.2) is 4.98 Å². The van der Waals surface area contributed by atoms with Crippen LogP contribution in [-0.4, -0.2) is 54.4 Å². The van der Waals surface area contributed by atoms with E-state index in [-0.39, 0.29) is 36.1 Å². The second-order valence-electron chi connectivity index (χ2n) is 6.31. The number of fused-ring (bicyclic) bond motifs is 1. The van der Waals surface area contributed by atoms with Crippen molar-refractivity contribution in [3.63, 3.8) is 0 Å². The van der Waals surface area contributed by atoms with Crippen LogP contribution in [0.2, 0.25) is 0 Å². The number of H-pyrrole nitrogens is 1. The molecule has 0 aliphatic carbocycles. The van der Waals surface area contributed by atoms with Crippen LogP contribution >= 0.6 is 24.8 Å². The van der Waals surface area contributed by atoms with Crippen LogP contribution in [0.3, 0.4) is 0 Å². The molecule has 0 radical (unpaired) electrons. The summed E-state index contributed by atoms with van der Waals surface area (Å²) < 4.78 is 5.38. The van der Waals surface area contributed by atoms with Gasteiger partial charge in [-0.1, -0.05) is 0 Å². The van der Waals surface area contributed by atoms with Crippen molar-refractivity contribution in [3.05, 3.63) is 23.5 Å². The van der Waals surface area contributed by atoms with E-state index in [0.29, 0.717) is 24.4 Å². The fourth-order valence-electron chi connectivity index (χ4n) is 3.15. The molecule has 0 unspecified atom stereocenters. The Kier molecular flexibility index (Phi) is 8.08. The van der Waals surface area contributed by atoms with Gasteiger partial charge in [0.15, 0.2) is 5.65 Å². The number of aromatic nitrogens is 3. The van der Waals surface area contributed by atoms with Gasteiger partial charge in [-0.2, -0.15) is 5.10 Å². The van der Waals surface area contributed by atoms with Crippen molar-refractivity contribution < 1.29 is 9.53 Å². The zero-order valence-corrected chi connectivity index (χ0v) is 16.1. The van der Waals surface area contributed by atoms with E-state index in [1.165, 1.54) is 0 Å². The molecule has 0 atom stereocenters. The van der Waals surface area contributed by atoms with Crippen molar-refractivity contribution in [2.75, 3.05) is 33.4 Å². The topological polar surface area (TPSA) is 91.9 Å². The monoisotopic (exact) mass is 389 g/mol. The minimum absolute atomic E-state index is 0.